The Kier molecular flexibility index (Phi) is 4.84. The van der Waals surface area contributed by atoms with Crippen molar-refractivity contribution >= 4 is 11.6 Å². The van der Waals surface area contributed by atoms with E-state index in [2.05, 4.69) is 36.2 Å². The van der Waals surface area contributed by atoms with Crippen LogP contribution in [0, 0.1) is 0 Å². The first-order chi connectivity index (χ1) is 13.9. The number of carbonyl (C=O) groups is 1. The van der Waals surface area contributed by atoms with Crippen LogP contribution in [0.25, 0.3) is 16.9 Å². The van der Waals surface area contributed by atoms with E-state index in [4.69, 9.17) is 4.98 Å². The summed E-state index contributed by atoms with van der Waals surface area (Å²) in [5, 5.41) is 7.64. The van der Waals surface area contributed by atoms with Crippen LogP contribution in [0.2, 0.25) is 0 Å². The van der Waals surface area contributed by atoms with Crippen LogP contribution in [0.3, 0.4) is 0 Å². The summed E-state index contributed by atoms with van der Waals surface area (Å²) in [7, 11) is 0. The fourth-order valence-electron chi connectivity index (χ4n) is 3.04. The fraction of sp³-hybridized carbons (Fsp3) is 0.217. The second-order valence-corrected chi connectivity index (χ2v) is 7.99. The number of hydrogen-bond acceptors (Lipinski definition) is 4. The normalized spacial score (nSPS) is 11.6. The molecule has 1 aromatic carbocycles. The molecule has 6 nitrogen and oxygen atoms in total. The maximum absolute atomic E-state index is 13.1. The minimum absolute atomic E-state index is 0.149. The molecule has 0 unspecified atom stereocenters. The lowest BCUT2D eigenvalue weighted by atomic mass is 9.93. The van der Waals surface area contributed by atoms with Crippen molar-refractivity contribution in [3.8, 4) is 11.3 Å². The molecule has 0 radical (unpaired) electrons. The summed E-state index contributed by atoms with van der Waals surface area (Å²) in [5.41, 5.74) is 4.47. The Morgan fingerprint density at radius 3 is 2.55 bits per heavy atom. The van der Waals surface area contributed by atoms with Crippen molar-refractivity contribution in [2.75, 3.05) is 0 Å². The molecule has 0 aliphatic rings. The lowest BCUT2D eigenvalue weighted by molar-refractivity contribution is 0.0943. The molecule has 0 aliphatic heterocycles. The van der Waals surface area contributed by atoms with E-state index >= 15 is 0 Å². The van der Waals surface area contributed by atoms with Gasteiger partial charge in [-0.1, -0.05) is 57.2 Å². The van der Waals surface area contributed by atoms with E-state index < -0.39 is 0 Å². The molecule has 0 fully saturated rings. The van der Waals surface area contributed by atoms with Crippen LogP contribution in [-0.2, 0) is 12.0 Å². The van der Waals surface area contributed by atoms with Crippen LogP contribution in [0.15, 0.2) is 67.0 Å². The maximum atomic E-state index is 13.1. The van der Waals surface area contributed by atoms with Crippen molar-refractivity contribution in [1.29, 1.82) is 0 Å². The van der Waals surface area contributed by atoms with Gasteiger partial charge in [-0.25, -0.2) is 9.50 Å². The number of fused-ring (bicyclic) bond motifs is 1. The van der Waals surface area contributed by atoms with Gasteiger partial charge in [-0.3, -0.25) is 9.78 Å². The van der Waals surface area contributed by atoms with Crippen LogP contribution in [0.4, 0.5) is 0 Å². The van der Waals surface area contributed by atoms with E-state index in [0.717, 1.165) is 22.5 Å². The second kappa shape index (κ2) is 7.47. The highest BCUT2D eigenvalue weighted by atomic mass is 16.2. The number of carbonyl (C=O) groups excluding carboxylic acids is 1. The van der Waals surface area contributed by atoms with Crippen LogP contribution in [-0.4, -0.2) is 25.5 Å². The van der Waals surface area contributed by atoms with Gasteiger partial charge in [-0.15, -0.1) is 0 Å². The Labute approximate surface area is 169 Å². The van der Waals surface area contributed by atoms with Crippen LogP contribution < -0.4 is 5.32 Å². The van der Waals surface area contributed by atoms with E-state index in [9.17, 15) is 4.79 Å². The summed E-state index contributed by atoms with van der Waals surface area (Å²) in [6.45, 7) is 6.67. The molecule has 3 heterocycles. The van der Waals surface area contributed by atoms with Gasteiger partial charge in [0.15, 0.2) is 5.65 Å². The summed E-state index contributed by atoms with van der Waals surface area (Å²) < 4.78 is 1.63. The maximum Gasteiger partial charge on any atom is 0.270 e. The summed E-state index contributed by atoms with van der Waals surface area (Å²) in [6.07, 6.45) is 3.45. The van der Waals surface area contributed by atoms with Gasteiger partial charge < -0.3 is 5.32 Å². The van der Waals surface area contributed by atoms with Gasteiger partial charge in [0, 0.05) is 36.0 Å². The lowest BCUT2D eigenvalue weighted by Gasteiger charge is -2.13. The Morgan fingerprint density at radius 1 is 1.07 bits per heavy atom. The molecule has 0 spiro atoms. The minimum atomic E-state index is -0.206. The highest BCUT2D eigenvalue weighted by Gasteiger charge is 2.22. The van der Waals surface area contributed by atoms with E-state index in [1.54, 1.807) is 23.0 Å². The molecule has 0 saturated heterocycles. The monoisotopic (exact) mass is 385 g/mol. The molecule has 4 rings (SSSR count). The Morgan fingerprint density at radius 2 is 1.86 bits per heavy atom. The summed E-state index contributed by atoms with van der Waals surface area (Å²) in [4.78, 5) is 21.9. The van der Waals surface area contributed by atoms with Gasteiger partial charge in [-0.2, -0.15) is 5.10 Å². The smallest absolute Gasteiger partial charge is 0.270 e. The first-order valence-electron chi connectivity index (χ1n) is 9.56. The zero-order valence-electron chi connectivity index (χ0n) is 16.8. The van der Waals surface area contributed by atoms with Crippen LogP contribution in [0.1, 0.15) is 42.5 Å². The van der Waals surface area contributed by atoms with Crippen molar-refractivity contribution < 1.29 is 4.79 Å². The number of hydrogen-bond donors (Lipinski definition) is 1. The summed E-state index contributed by atoms with van der Waals surface area (Å²) in [6, 6.07) is 17.4. The van der Waals surface area contributed by atoms with Crippen molar-refractivity contribution in [3.05, 3.63) is 83.9 Å². The highest BCUT2D eigenvalue weighted by Crippen LogP contribution is 2.25. The average Bonchev–Trinajstić information content (AvgIpc) is 3.17. The molecule has 4 aromatic rings. The van der Waals surface area contributed by atoms with Crippen LogP contribution in [0.5, 0.6) is 0 Å². The van der Waals surface area contributed by atoms with Crippen molar-refractivity contribution in [3.63, 3.8) is 0 Å². The quantitative estimate of drug-likeness (QED) is 0.576. The summed E-state index contributed by atoms with van der Waals surface area (Å²) >= 11 is 0. The van der Waals surface area contributed by atoms with E-state index in [1.165, 1.54) is 0 Å². The minimum Gasteiger partial charge on any atom is -0.347 e. The molecule has 1 N–H and O–H groups in total. The van der Waals surface area contributed by atoms with Gasteiger partial charge in [0.2, 0.25) is 0 Å². The number of pyridine rings is 1. The molecular weight excluding hydrogens is 362 g/mol. The number of aromatic nitrogens is 4. The molecular formula is C23H23N5O. The molecule has 3 aromatic heterocycles. The fourth-order valence-corrected chi connectivity index (χ4v) is 3.04. The zero-order chi connectivity index (χ0) is 20.4. The Hall–Kier alpha value is -3.54. The number of rotatable bonds is 4. The Bertz CT molecular complexity index is 1140. The third-order valence-electron chi connectivity index (χ3n) is 4.67. The van der Waals surface area contributed by atoms with Gasteiger partial charge in [0.05, 0.1) is 11.4 Å². The first-order valence-corrected chi connectivity index (χ1v) is 9.56. The molecule has 0 atom stereocenters. The van der Waals surface area contributed by atoms with Gasteiger partial charge >= 0.3 is 0 Å². The number of nitrogens with one attached hydrogen (secondary N) is 1. The predicted octanol–water partition coefficient (Wildman–Crippen LogP) is 4.02. The molecule has 6 heteroatoms. The summed E-state index contributed by atoms with van der Waals surface area (Å²) in [5.74, 6) is -0.206. The third-order valence-corrected chi connectivity index (χ3v) is 4.67. The molecule has 146 valence electrons. The van der Waals surface area contributed by atoms with Gasteiger partial charge in [0.1, 0.15) is 5.69 Å². The van der Waals surface area contributed by atoms with Crippen LogP contribution >= 0.6 is 0 Å². The van der Waals surface area contributed by atoms with E-state index in [1.807, 2.05) is 48.5 Å². The molecule has 0 saturated carbocycles. The molecule has 0 bridgehead atoms. The topological polar surface area (TPSA) is 72.2 Å². The predicted molar refractivity (Wildman–Crippen MR) is 113 cm³/mol. The number of nitrogens with zero attached hydrogens (tertiary/aromatic N) is 4. The zero-order valence-corrected chi connectivity index (χ0v) is 16.8. The van der Waals surface area contributed by atoms with E-state index in [-0.39, 0.29) is 11.3 Å². The van der Waals surface area contributed by atoms with Gasteiger partial charge in [0.25, 0.3) is 5.91 Å². The molecule has 29 heavy (non-hydrogen) atoms. The molecule has 1 amide bonds. The lowest BCUT2D eigenvalue weighted by Crippen LogP contribution is -2.26. The third kappa shape index (κ3) is 4.01. The largest absolute Gasteiger partial charge is 0.347 e. The van der Waals surface area contributed by atoms with Crippen molar-refractivity contribution in [1.82, 2.24) is 24.9 Å². The number of amides is 1. The highest BCUT2D eigenvalue weighted by molar-refractivity contribution is 5.94. The number of benzene rings is 1. The van der Waals surface area contributed by atoms with Crippen molar-refractivity contribution in [2.45, 2.75) is 32.7 Å². The van der Waals surface area contributed by atoms with Gasteiger partial charge in [-0.05, 0) is 17.7 Å². The van der Waals surface area contributed by atoms with Crippen molar-refractivity contribution in [2.24, 2.45) is 0 Å². The molecule has 0 aliphatic carbocycles. The standard InChI is InChI=1S/C23H23N5O/c1-23(2,3)20-13-21-26-18(17-9-5-4-6-10-17)12-19(28(21)27-20)22(29)25-15-16-8-7-11-24-14-16/h4-14H,15H2,1-3H3,(H,25,29). The average molecular weight is 385 g/mol. The second-order valence-electron chi connectivity index (χ2n) is 7.99. The van der Waals surface area contributed by atoms with E-state index in [0.29, 0.717) is 17.9 Å². The Balaban J connectivity index is 1.77. The SMILES string of the molecule is CC(C)(C)c1cc2nc(-c3ccccc3)cc(C(=O)NCc3cccnc3)n2n1. The first kappa shape index (κ1) is 18.8.